The second kappa shape index (κ2) is 13.1. The molecule has 0 aliphatic heterocycles. The van der Waals surface area contributed by atoms with Crippen molar-refractivity contribution in [2.75, 3.05) is 16.0 Å². The molecule has 3 amide bonds. The lowest BCUT2D eigenvalue weighted by Crippen LogP contribution is -2.33. The van der Waals surface area contributed by atoms with Crippen LogP contribution in [0.5, 0.6) is 0 Å². The van der Waals surface area contributed by atoms with Crippen molar-refractivity contribution in [1.29, 1.82) is 0 Å². The molecule has 6 heteroatoms. The van der Waals surface area contributed by atoms with Gasteiger partial charge in [-0.25, -0.2) is 0 Å². The molecule has 3 N–H and O–H groups in total. The second-order valence-electron chi connectivity index (χ2n) is 13.8. The van der Waals surface area contributed by atoms with Gasteiger partial charge in [0.05, 0.1) is 0 Å². The van der Waals surface area contributed by atoms with Crippen molar-refractivity contribution in [1.82, 2.24) is 0 Å². The minimum Gasteiger partial charge on any atom is -0.326 e. The highest BCUT2D eigenvalue weighted by atomic mass is 16.2. The van der Waals surface area contributed by atoms with E-state index in [9.17, 15) is 14.4 Å². The number of carbonyl (C=O) groups is 3. The number of benzene rings is 1. The molecule has 1 saturated carbocycles. The van der Waals surface area contributed by atoms with E-state index >= 15 is 0 Å². The van der Waals surface area contributed by atoms with Gasteiger partial charge in [-0.3, -0.25) is 14.4 Å². The molecule has 0 heterocycles. The number of amides is 3. The maximum atomic E-state index is 13.2. The lowest BCUT2D eigenvalue weighted by atomic mass is 9.76. The van der Waals surface area contributed by atoms with Crippen molar-refractivity contribution in [3.8, 4) is 0 Å². The predicted octanol–water partition coefficient (Wildman–Crippen LogP) is 8.11. The largest absolute Gasteiger partial charge is 0.326 e. The molecule has 0 spiro atoms. The number of anilines is 3. The van der Waals surface area contributed by atoms with Crippen molar-refractivity contribution in [3.63, 3.8) is 0 Å². The second-order valence-corrected chi connectivity index (χ2v) is 13.8. The first kappa shape index (κ1) is 31.8. The van der Waals surface area contributed by atoms with Gasteiger partial charge in [0.1, 0.15) is 0 Å². The number of rotatable bonds is 9. The highest BCUT2D eigenvalue weighted by Crippen LogP contribution is 2.35. The number of hydrogen-bond acceptors (Lipinski definition) is 3. The summed E-state index contributed by atoms with van der Waals surface area (Å²) in [5, 5.41) is 9.20. The topological polar surface area (TPSA) is 87.3 Å². The molecule has 1 aliphatic rings. The van der Waals surface area contributed by atoms with E-state index in [2.05, 4.69) is 71.3 Å². The zero-order valence-corrected chi connectivity index (χ0v) is 25.6. The Balaban J connectivity index is 2.31. The summed E-state index contributed by atoms with van der Waals surface area (Å²) in [6.45, 7) is 20.9. The van der Waals surface area contributed by atoms with Gasteiger partial charge in [0.25, 0.3) is 0 Å². The van der Waals surface area contributed by atoms with Crippen LogP contribution in [0.25, 0.3) is 0 Å². The van der Waals surface area contributed by atoms with Gasteiger partial charge in [0, 0.05) is 34.8 Å². The molecular formula is C32H53N3O3. The molecule has 1 aliphatic carbocycles. The van der Waals surface area contributed by atoms with Gasteiger partial charge < -0.3 is 16.0 Å². The van der Waals surface area contributed by atoms with Gasteiger partial charge in [-0.15, -0.1) is 0 Å². The van der Waals surface area contributed by atoms with Crippen LogP contribution in [0.1, 0.15) is 108 Å². The van der Waals surface area contributed by atoms with Crippen LogP contribution in [0.3, 0.4) is 0 Å². The van der Waals surface area contributed by atoms with Gasteiger partial charge >= 0.3 is 0 Å². The minimum atomic E-state index is -0.183. The smallest absolute Gasteiger partial charge is 0.228 e. The fourth-order valence-corrected chi connectivity index (χ4v) is 5.98. The Labute approximate surface area is 231 Å². The van der Waals surface area contributed by atoms with Gasteiger partial charge in [0.15, 0.2) is 0 Å². The van der Waals surface area contributed by atoms with Crippen LogP contribution in [-0.4, -0.2) is 17.7 Å². The fraction of sp³-hybridized carbons (Fsp3) is 0.719. The summed E-state index contributed by atoms with van der Waals surface area (Å²) in [6.07, 6.45) is 5.37. The molecular weight excluding hydrogens is 474 g/mol. The summed E-state index contributed by atoms with van der Waals surface area (Å²) < 4.78 is 0. The maximum Gasteiger partial charge on any atom is 0.228 e. The van der Waals surface area contributed by atoms with E-state index in [1.54, 1.807) is 18.2 Å². The summed E-state index contributed by atoms with van der Waals surface area (Å²) in [4.78, 5) is 39.6. The van der Waals surface area contributed by atoms with Crippen LogP contribution >= 0.6 is 0 Å². The third-order valence-corrected chi connectivity index (χ3v) is 8.36. The van der Waals surface area contributed by atoms with E-state index in [-0.39, 0.29) is 46.3 Å². The van der Waals surface area contributed by atoms with E-state index < -0.39 is 0 Å². The molecule has 2 unspecified atom stereocenters. The molecule has 0 aromatic heterocycles. The molecule has 2 atom stereocenters. The molecule has 2 rings (SSSR count). The first-order valence-electron chi connectivity index (χ1n) is 14.6. The molecule has 1 fully saturated rings. The van der Waals surface area contributed by atoms with E-state index in [4.69, 9.17) is 0 Å². The monoisotopic (exact) mass is 527 g/mol. The molecule has 0 radical (unpaired) electrons. The molecule has 6 nitrogen and oxygen atoms in total. The van der Waals surface area contributed by atoms with Crippen LogP contribution in [0, 0.1) is 40.4 Å². The Hall–Kier alpha value is -2.37. The van der Waals surface area contributed by atoms with Crippen LogP contribution in [-0.2, 0) is 14.4 Å². The van der Waals surface area contributed by atoms with Crippen molar-refractivity contribution < 1.29 is 14.4 Å². The van der Waals surface area contributed by atoms with Gasteiger partial charge in [-0.05, 0) is 79.4 Å². The standard InChI is InChI=1S/C32H53N3O3/c1-11-26(31(5,6)7)29(37)34-24-17-23(33-28(36)22-15-13-21(14-16-22)20(3)4)18-25(19-24)35-30(38)27(12-2)32(8,9)10/h17-22,26-27H,11-16H2,1-10H3,(H,33,36)(H,34,37)(H,35,38). The number of hydrogen-bond donors (Lipinski definition) is 3. The zero-order chi connectivity index (χ0) is 28.8. The highest BCUT2D eigenvalue weighted by molar-refractivity contribution is 5.99. The quantitative estimate of drug-likeness (QED) is 0.303. The molecule has 0 saturated heterocycles. The third kappa shape index (κ3) is 8.84. The molecule has 1 aromatic carbocycles. The fourth-order valence-electron chi connectivity index (χ4n) is 5.98. The van der Waals surface area contributed by atoms with Crippen molar-refractivity contribution in [2.24, 2.45) is 40.4 Å². The first-order chi connectivity index (χ1) is 17.6. The van der Waals surface area contributed by atoms with Crippen molar-refractivity contribution in [3.05, 3.63) is 18.2 Å². The normalized spacial score (nSPS) is 20.0. The van der Waals surface area contributed by atoms with Crippen LogP contribution in [0.4, 0.5) is 17.1 Å². The van der Waals surface area contributed by atoms with E-state index in [0.29, 0.717) is 28.9 Å². The summed E-state index contributed by atoms with van der Waals surface area (Å²) in [6, 6.07) is 5.37. The van der Waals surface area contributed by atoms with E-state index in [0.717, 1.165) is 38.5 Å². The van der Waals surface area contributed by atoms with Crippen LogP contribution < -0.4 is 16.0 Å². The average molecular weight is 528 g/mol. The predicted molar refractivity (Wildman–Crippen MR) is 159 cm³/mol. The summed E-state index contributed by atoms with van der Waals surface area (Å²) in [7, 11) is 0. The minimum absolute atomic E-state index is 0.00946. The van der Waals surface area contributed by atoms with E-state index in [1.165, 1.54) is 0 Å². The zero-order valence-electron chi connectivity index (χ0n) is 25.6. The van der Waals surface area contributed by atoms with Gasteiger partial charge in [-0.1, -0.05) is 69.2 Å². The highest BCUT2D eigenvalue weighted by Gasteiger charge is 2.32. The van der Waals surface area contributed by atoms with Crippen LogP contribution in [0.15, 0.2) is 18.2 Å². The molecule has 0 bridgehead atoms. The summed E-state index contributed by atoms with van der Waals surface area (Å²) in [5.41, 5.74) is 1.35. The van der Waals surface area contributed by atoms with Crippen molar-refractivity contribution >= 4 is 34.8 Å². The lowest BCUT2D eigenvalue weighted by Gasteiger charge is -2.30. The first-order valence-corrected chi connectivity index (χ1v) is 14.6. The number of nitrogens with one attached hydrogen (secondary N) is 3. The summed E-state index contributed by atoms with van der Waals surface area (Å²) >= 11 is 0. The Morgan fingerprint density at radius 2 is 1.08 bits per heavy atom. The average Bonchev–Trinajstić information content (AvgIpc) is 2.77. The number of carbonyl (C=O) groups excluding carboxylic acids is 3. The Morgan fingerprint density at radius 1 is 0.711 bits per heavy atom. The maximum absolute atomic E-state index is 13.2. The Kier molecular flexibility index (Phi) is 11.0. The lowest BCUT2D eigenvalue weighted by molar-refractivity contribution is -0.123. The van der Waals surface area contributed by atoms with Gasteiger partial charge in [0.2, 0.25) is 17.7 Å². The van der Waals surface area contributed by atoms with Crippen LogP contribution in [0.2, 0.25) is 0 Å². The SMILES string of the molecule is CCC(C(=O)Nc1cc(NC(=O)C2CCC(C(C)C)CC2)cc(NC(=O)C(CC)C(C)(C)C)c1)C(C)(C)C. The molecule has 214 valence electrons. The molecule has 38 heavy (non-hydrogen) atoms. The van der Waals surface area contributed by atoms with Gasteiger partial charge in [-0.2, -0.15) is 0 Å². The molecule has 1 aromatic rings. The van der Waals surface area contributed by atoms with E-state index in [1.807, 2.05) is 13.8 Å². The Morgan fingerprint density at radius 3 is 1.39 bits per heavy atom. The summed E-state index contributed by atoms with van der Waals surface area (Å²) in [5.74, 6) is 0.865. The van der Waals surface area contributed by atoms with Crippen molar-refractivity contribution in [2.45, 2.75) is 108 Å². The third-order valence-electron chi connectivity index (χ3n) is 8.36. The Bertz CT molecular complexity index is 909.